The summed E-state index contributed by atoms with van der Waals surface area (Å²) in [6.45, 7) is 1.63. The molecule has 0 fully saturated rings. The molecule has 0 aromatic heterocycles. The lowest BCUT2D eigenvalue weighted by atomic mass is 10.1. The van der Waals surface area contributed by atoms with E-state index in [1.807, 2.05) is 11.9 Å². The summed E-state index contributed by atoms with van der Waals surface area (Å²) in [6.07, 6.45) is -4.28. The SMILES string of the molecule is CN(CCN)Cc1cccc(C(F)(F)F)c1. The fraction of sp³-hybridized carbons (Fsp3) is 0.455. The van der Waals surface area contributed by atoms with Crippen LogP contribution >= 0.6 is 0 Å². The van der Waals surface area contributed by atoms with E-state index in [9.17, 15) is 13.2 Å². The minimum Gasteiger partial charge on any atom is -0.329 e. The van der Waals surface area contributed by atoms with E-state index in [1.54, 1.807) is 6.07 Å². The van der Waals surface area contributed by atoms with Gasteiger partial charge in [0.15, 0.2) is 0 Å². The third-order valence-corrected chi connectivity index (χ3v) is 2.22. The van der Waals surface area contributed by atoms with Gasteiger partial charge in [0.1, 0.15) is 0 Å². The molecule has 0 spiro atoms. The van der Waals surface area contributed by atoms with E-state index in [-0.39, 0.29) is 0 Å². The van der Waals surface area contributed by atoms with Crippen LogP contribution in [0.2, 0.25) is 0 Å². The molecule has 0 saturated heterocycles. The van der Waals surface area contributed by atoms with Crippen molar-refractivity contribution < 1.29 is 13.2 Å². The Morgan fingerprint density at radius 3 is 2.56 bits per heavy atom. The molecule has 1 rings (SSSR count). The van der Waals surface area contributed by atoms with Crippen molar-refractivity contribution in [3.63, 3.8) is 0 Å². The molecular weight excluding hydrogens is 217 g/mol. The first-order valence-corrected chi connectivity index (χ1v) is 4.98. The second-order valence-corrected chi connectivity index (χ2v) is 3.72. The second-order valence-electron chi connectivity index (χ2n) is 3.72. The average molecular weight is 232 g/mol. The van der Waals surface area contributed by atoms with Gasteiger partial charge in [0, 0.05) is 19.6 Å². The summed E-state index contributed by atoms with van der Waals surface area (Å²) in [5.74, 6) is 0. The Kier molecular flexibility index (Phi) is 4.32. The fourth-order valence-electron chi connectivity index (χ4n) is 1.46. The molecule has 0 aliphatic heterocycles. The highest BCUT2D eigenvalue weighted by molar-refractivity contribution is 5.25. The number of likely N-dealkylation sites (N-methyl/N-ethyl adjacent to an activating group) is 1. The smallest absolute Gasteiger partial charge is 0.329 e. The molecule has 0 atom stereocenters. The maximum absolute atomic E-state index is 12.4. The molecular formula is C11H15F3N2. The summed E-state index contributed by atoms with van der Waals surface area (Å²) in [5.41, 5.74) is 5.40. The van der Waals surface area contributed by atoms with E-state index in [1.165, 1.54) is 12.1 Å². The lowest BCUT2D eigenvalue weighted by Crippen LogP contribution is -2.25. The Labute approximate surface area is 92.9 Å². The van der Waals surface area contributed by atoms with Gasteiger partial charge in [-0.1, -0.05) is 18.2 Å². The van der Waals surface area contributed by atoms with Crippen LogP contribution in [0.5, 0.6) is 0 Å². The van der Waals surface area contributed by atoms with Crippen molar-refractivity contribution in [2.45, 2.75) is 12.7 Å². The van der Waals surface area contributed by atoms with Crippen LogP contribution in [0, 0.1) is 0 Å². The predicted octanol–water partition coefficient (Wildman–Crippen LogP) is 2.10. The van der Waals surface area contributed by atoms with Crippen molar-refractivity contribution in [2.75, 3.05) is 20.1 Å². The van der Waals surface area contributed by atoms with Crippen LogP contribution in [0.15, 0.2) is 24.3 Å². The lowest BCUT2D eigenvalue weighted by molar-refractivity contribution is -0.137. The molecule has 0 saturated carbocycles. The van der Waals surface area contributed by atoms with Gasteiger partial charge < -0.3 is 10.6 Å². The van der Waals surface area contributed by atoms with Gasteiger partial charge in [0.05, 0.1) is 5.56 Å². The van der Waals surface area contributed by atoms with Gasteiger partial charge in [-0.2, -0.15) is 13.2 Å². The first kappa shape index (κ1) is 13.0. The van der Waals surface area contributed by atoms with Crippen molar-refractivity contribution in [1.82, 2.24) is 4.90 Å². The average Bonchev–Trinajstić information content (AvgIpc) is 2.17. The van der Waals surface area contributed by atoms with Gasteiger partial charge in [-0.05, 0) is 18.7 Å². The van der Waals surface area contributed by atoms with Crippen molar-refractivity contribution in [3.05, 3.63) is 35.4 Å². The molecule has 1 aromatic carbocycles. The number of alkyl halides is 3. The van der Waals surface area contributed by atoms with E-state index in [0.717, 1.165) is 6.07 Å². The molecule has 16 heavy (non-hydrogen) atoms. The zero-order valence-corrected chi connectivity index (χ0v) is 9.09. The zero-order chi connectivity index (χ0) is 12.2. The first-order valence-electron chi connectivity index (χ1n) is 4.98. The van der Waals surface area contributed by atoms with Crippen LogP contribution in [0.4, 0.5) is 13.2 Å². The van der Waals surface area contributed by atoms with E-state index >= 15 is 0 Å². The van der Waals surface area contributed by atoms with Crippen LogP contribution < -0.4 is 5.73 Å². The molecule has 2 N–H and O–H groups in total. The lowest BCUT2D eigenvalue weighted by Gasteiger charge is -2.16. The van der Waals surface area contributed by atoms with Crippen LogP contribution in [-0.2, 0) is 12.7 Å². The standard InChI is InChI=1S/C11H15F3N2/c1-16(6-5-15)8-9-3-2-4-10(7-9)11(12,13)14/h2-4,7H,5-6,8,15H2,1H3. The molecule has 0 aliphatic rings. The quantitative estimate of drug-likeness (QED) is 0.861. The minimum atomic E-state index is -4.28. The molecule has 1 aromatic rings. The van der Waals surface area contributed by atoms with Crippen molar-refractivity contribution in [3.8, 4) is 0 Å². The number of hydrogen-bond donors (Lipinski definition) is 1. The van der Waals surface area contributed by atoms with Gasteiger partial charge in [0.25, 0.3) is 0 Å². The van der Waals surface area contributed by atoms with Gasteiger partial charge >= 0.3 is 6.18 Å². The molecule has 0 amide bonds. The molecule has 5 heteroatoms. The normalized spacial score (nSPS) is 12.1. The maximum atomic E-state index is 12.4. The predicted molar refractivity (Wildman–Crippen MR) is 56.8 cm³/mol. The van der Waals surface area contributed by atoms with Gasteiger partial charge in [0.2, 0.25) is 0 Å². The molecule has 0 heterocycles. The number of rotatable bonds is 4. The van der Waals surface area contributed by atoms with Crippen molar-refractivity contribution >= 4 is 0 Å². The van der Waals surface area contributed by atoms with E-state index in [0.29, 0.717) is 25.2 Å². The second kappa shape index (κ2) is 5.32. The zero-order valence-electron chi connectivity index (χ0n) is 9.09. The first-order chi connectivity index (χ1) is 7.43. The summed E-state index contributed by atoms with van der Waals surface area (Å²) < 4.78 is 37.3. The number of nitrogens with zero attached hydrogens (tertiary/aromatic N) is 1. The molecule has 0 unspecified atom stereocenters. The summed E-state index contributed by atoms with van der Waals surface area (Å²) in [5, 5.41) is 0. The third-order valence-electron chi connectivity index (χ3n) is 2.22. The Morgan fingerprint density at radius 1 is 1.31 bits per heavy atom. The summed E-state index contributed by atoms with van der Waals surface area (Å²) in [4.78, 5) is 1.88. The topological polar surface area (TPSA) is 29.3 Å². The largest absolute Gasteiger partial charge is 0.416 e. The number of nitrogens with two attached hydrogens (primary N) is 1. The number of hydrogen-bond acceptors (Lipinski definition) is 2. The van der Waals surface area contributed by atoms with Crippen LogP contribution in [-0.4, -0.2) is 25.0 Å². The third kappa shape index (κ3) is 3.83. The van der Waals surface area contributed by atoms with Crippen LogP contribution in [0.25, 0.3) is 0 Å². The summed E-state index contributed by atoms with van der Waals surface area (Å²) in [6, 6.07) is 5.36. The van der Waals surface area contributed by atoms with E-state index < -0.39 is 11.7 Å². The van der Waals surface area contributed by atoms with E-state index in [4.69, 9.17) is 5.73 Å². The highest BCUT2D eigenvalue weighted by Crippen LogP contribution is 2.29. The number of halogens is 3. The molecule has 0 bridgehead atoms. The van der Waals surface area contributed by atoms with Crippen molar-refractivity contribution in [2.24, 2.45) is 5.73 Å². The van der Waals surface area contributed by atoms with Gasteiger partial charge in [-0.25, -0.2) is 0 Å². The fourth-order valence-corrected chi connectivity index (χ4v) is 1.46. The van der Waals surface area contributed by atoms with Gasteiger partial charge in [-0.3, -0.25) is 0 Å². The highest BCUT2D eigenvalue weighted by atomic mass is 19.4. The molecule has 90 valence electrons. The Morgan fingerprint density at radius 2 is 2.00 bits per heavy atom. The molecule has 2 nitrogen and oxygen atoms in total. The maximum Gasteiger partial charge on any atom is 0.416 e. The molecule has 0 aliphatic carbocycles. The Hall–Kier alpha value is -1.07. The molecule has 0 radical (unpaired) electrons. The highest BCUT2D eigenvalue weighted by Gasteiger charge is 2.30. The number of benzene rings is 1. The summed E-state index contributed by atoms with van der Waals surface area (Å²) >= 11 is 0. The van der Waals surface area contributed by atoms with Gasteiger partial charge in [-0.15, -0.1) is 0 Å². The minimum absolute atomic E-state index is 0.473. The van der Waals surface area contributed by atoms with Crippen LogP contribution in [0.3, 0.4) is 0 Å². The Balaban J connectivity index is 2.75. The summed E-state index contributed by atoms with van der Waals surface area (Å²) in [7, 11) is 1.83. The van der Waals surface area contributed by atoms with E-state index in [2.05, 4.69) is 0 Å². The monoisotopic (exact) mass is 232 g/mol. The van der Waals surface area contributed by atoms with Crippen LogP contribution in [0.1, 0.15) is 11.1 Å². The van der Waals surface area contributed by atoms with Crippen molar-refractivity contribution in [1.29, 1.82) is 0 Å². The Bertz CT molecular complexity index is 336.